The van der Waals surface area contributed by atoms with Crippen molar-refractivity contribution in [2.75, 3.05) is 0 Å². The van der Waals surface area contributed by atoms with Gasteiger partial charge in [0.15, 0.2) is 5.82 Å². The minimum atomic E-state index is -3.70. The molecule has 1 N–H and O–H groups in total. The first-order chi connectivity index (χ1) is 12.4. The van der Waals surface area contributed by atoms with Crippen molar-refractivity contribution in [2.24, 2.45) is 0 Å². The number of benzene rings is 1. The normalized spacial score (nSPS) is 11.3. The smallest absolute Gasteiger partial charge is 0.237 e. The van der Waals surface area contributed by atoms with E-state index in [0.29, 0.717) is 11.4 Å². The summed E-state index contributed by atoms with van der Waals surface area (Å²) in [5, 5.41) is 13.3. The van der Waals surface area contributed by atoms with Crippen LogP contribution in [-0.4, -0.2) is 23.2 Å². The number of sulfonamides is 1. The van der Waals surface area contributed by atoms with Crippen molar-refractivity contribution in [3.05, 3.63) is 71.2 Å². The maximum Gasteiger partial charge on any atom is 0.240 e. The van der Waals surface area contributed by atoms with Crippen molar-refractivity contribution in [1.29, 1.82) is 5.26 Å². The Bertz CT molecular complexity index is 1080. The van der Waals surface area contributed by atoms with E-state index in [1.165, 1.54) is 18.2 Å². The van der Waals surface area contributed by atoms with Gasteiger partial charge in [0.05, 0.1) is 22.2 Å². The predicted octanol–water partition coefficient (Wildman–Crippen LogP) is 2.23. The molecule has 3 aromatic rings. The molecule has 0 aliphatic heterocycles. The maximum atomic E-state index is 12.4. The van der Waals surface area contributed by atoms with Crippen LogP contribution in [0.1, 0.15) is 22.5 Å². The van der Waals surface area contributed by atoms with E-state index in [1.54, 1.807) is 29.1 Å². The summed E-state index contributed by atoms with van der Waals surface area (Å²) in [7, 11) is -3.70. The summed E-state index contributed by atoms with van der Waals surface area (Å²) < 4.78 is 29.0. The molecule has 0 bridgehead atoms. The fraction of sp³-hybridized carbons (Fsp3) is 0.167. The molecule has 3 rings (SSSR count). The van der Waals surface area contributed by atoms with Crippen LogP contribution in [0, 0.1) is 25.2 Å². The second kappa shape index (κ2) is 7.07. The van der Waals surface area contributed by atoms with Crippen LogP contribution in [0.3, 0.4) is 0 Å². The van der Waals surface area contributed by atoms with Gasteiger partial charge in [0.1, 0.15) is 0 Å². The Kier molecular flexibility index (Phi) is 4.84. The summed E-state index contributed by atoms with van der Waals surface area (Å²) in [6.07, 6.45) is 1.61. The molecule has 1 aromatic carbocycles. The zero-order chi connectivity index (χ0) is 18.7. The Morgan fingerprint density at radius 1 is 1.19 bits per heavy atom. The van der Waals surface area contributed by atoms with Crippen LogP contribution in [0.5, 0.6) is 0 Å². The van der Waals surface area contributed by atoms with Crippen molar-refractivity contribution >= 4 is 10.0 Å². The van der Waals surface area contributed by atoms with E-state index in [-0.39, 0.29) is 11.4 Å². The maximum absolute atomic E-state index is 12.4. The van der Waals surface area contributed by atoms with Crippen LogP contribution in [0.15, 0.2) is 53.6 Å². The van der Waals surface area contributed by atoms with Crippen LogP contribution >= 0.6 is 0 Å². The van der Waals surface area contributed by atoms with E-state index in [9.17, 15) is 8.42 Å². The molecule has 0 saturated heterocycles. The number of rotatable bonds is 5. The number of aryl methyl sites for hydroxylation is 2. The van der Waals surface area contributed by atoms with Crippen LogP contribution in [-0.2, 0) is 16.6 Å². The number of hydrogen-bond donors (Lipinski definition) is 1. The van der Waals surface area contributed by atoms with Gasteiger partial charge in [0, 0.05) is 18.4 Å². The fourth-order valence-electron chi connectivity index (χ4n) is 2.50. The largest absolute Gasteiger partial charge is 0.240 e. The molecule has 2 heterocycles. The molecule has 0 amide bonds. The summed E-state index contributed by atoms with van der Waals surface area (Å²) >= 11 is 0. The Balaban J connectivity index is 1.73. The van der Waals surface area contributed by atoms with Crippen LogP contribution in [0.2, 0.25) is 0 Å². The average Bonchev–Trinajstić information content (AvgIpc) is 2.99. The molecule has 0 saturated carbocycles. The lowest BCUT2D eigenvalue weighted by Gasteiger charge is -2.08. The van der Waals surface area contributed by atoms with Crippen LogP contribution < -0.4 is 4.72 Å². The Morgan fingerprint density at radius 3 is 2.62 bits per heavy atom. The Hall–Kier alpha value is -3.02. The van der Waals surface area contributed by atoms with Gasteiger partial charge < -0.3 is 0 Å². The van der Waals surface area contributed by atoms with E-state index < -0.39 is 10.0 Å². The van der Waals surface area contributed by atoms with Crippen molar-refractivity contribution in [3.63, 3.8) is 0 Å². The first kappa shape index (κ1) is 17.8. The molecule has 0 atom stereocenters. The Labute approximate surface area is 152 Å². The van der Waals surface area contributed by atoms with Gasteiger partial charge >= 0.3 is 0 Å². The number of aromatic nitrogens is 3. The second-order valence-corrected chi connectivity index (χ2v) is 7.59. The van der Waals surface area contributed by atoms with Gasteiger partial charge in [-0.3, -0.25) is 0 Å². The highest BCUT2D eigenvalue weighted by Crippen LogP contribution is 2.13. The van der Waals surface area contributed by atoms with E-state index in [2.05, 4.69) is 14.8 Å². The highest BCUT2D eigenvalue weighted by atomic mass is 32.2. The van der Waals surface area contributed by atoms with Gasteiger partial charge in [-0.1, -0.05) is 12.1 Å². The summed E-state index contributed by atoms with van der Waals surface area (Å²) in [6.45, 7) is 3.95. The van der Waals surface area contributed by atoms with E-state index >= 15 is 0 Å². The molecule has 0 fully saturated rings. The topological polar surface area (TPSA) is 101 Å². The SMILES string of the molecule is Cc1cc(C)n(-c2ccc(CNS(=O)(=O)c3cccc(C#N)c3)cn2)n1. The number of nitrogens with zero attached hydrogens (tertiary/aromatic N) is 4. The Morgan fingerprint density at radius 2 is 2.00 bits per heavy atom. The van der Waals surface area contributed by atoms with Crippen molar-refractivity contribution < 1.29 is 8.42 Å². The molecule has 0 unspecified atom stereocenters. The molecule has 26 heavy (non-hydrogen) atoms. The minimum Gasteiger partial charge on any atom is -0.237 e. The molecule has 7 nitrogen and oxygen atoms in total. The first-order valence-corrected chi connectivity index (χ1v) is 9.36. The molecule has 0 aliphatic carbocycles. The second-order valence-electron chi connectivity index (χ2n) is 5.83. The molecule has 132 valence electrons. The van der Waals surface area contributed by atoms with Gasteiger partial charge in [-0.05, 0) is 49.7 Å². The lowest BCUT2D eigenvalue weighted by molar-refractivity contribution is 0.581. The van der Waals surface area contributed by atoms with Crippen molar-refractivity contribution in [3.8, 4) is 11.9 Å². The fourth-order valence-corrected chi connectivity index (χ4v) is 3.57. The lowest BCUT2D eigenvalue weighted by atomic mass is 10.2. The van der Waals surface area contributed by atoms with E-state index in [0.717, 1.165) is 17.0 Å². The standard InChI is InChI=1S/C18H17N5O2S/c1-13-8-14(2)23(22-13)18-7-6-16(11-20-18)12-21-26(24,25)17-5-3-4-15(9-17)10-19/h3-9,11,21H,12H2,1-2H3. The summed E-state index contributed by atoms with van der Waals surface area (Å²) in [6, 6.07) is 13.4. The molecule has 0 radical (unpaired) electrons. The zero-order valence-electron chi connectivity index (χ0n) is 14.3. The molecular weight excluding hydrogens is 350 g/mol. The quantitative estimate of drug-likeness (QED) is 0.745. The van der Waals surface area contributed by atoms with Crippen molar-refractivity contribution in [2.45, 2.75) is 25.3 Å². The van der Waals surface area contributed by atoms with Gasteiger partial charge in [-0.15, -0.1) is 0 Å². The summed E-state index contributed by atoms with van der Waals surface area (Å²) in [5.41, 5.74) is 2.89. The number of pyridine rings is 1. The van der Waals surface area contributed by atoms with E-state index in [1.807, 2.05) is 26.0 Å². The first-order valence-electron chi connectivity index (χ1n) is 7.87. The number of nitrogens with one attached hydrogen (secondary N) is 1. The van der Waals surface area contributed by atoms with Gasteiger partial charge in [0.25, 0.3) is 0 Å². The molecule has 2 aromatic heterocycles. The zero-order valence-corrected chi connectivity index (χ0v) is 15.2. The highest BCUT2D eigenvalue weighted by molar-refractivity contribution is 7.89. The molecular formula is C18H17N5O2S. The highest BCUT2D eigenvalue weighted by Gasteiger charge is 2.14. The third-order valence-corrected chi connectivity index (χ3v) is 5.17. The van der Waals surface area contributed by atoms with Crippen LogP contribution in [0.4, 0.5) is 0 Å². The summed E-state index contributed by atoms with van der Waals surface area (Å²) in [5.74, 6) is 0.670. The van der Waals surface area contributed by atoms with Gasteiger partial charge in [-0.2, -0.15) is 10.4 Å². The number of hydrogen-bond acceptors (Lipinski definition) is 5. The van der Waals surface area contributed by atoms with Crippen LogP contribution in [0.25, 0.3) is 5.82 Å². The lowest BCUT2D eigenvalue weighted by Crippen LogP contribution is -2.23. The number of nitriles is 1. The van der Waals surface area contributed by atoms with E-state index in [4.69, 9.17) is 5.26 Å². The minimum absolute atomic E-state index is 0.0590. The molecule has 0 spiro atoms. The average molecular weight is 367 g/mol. The third-order valence-electron chi connectivity index (χ3n) is 3.78. The van der Waals surface area contributed by atoms with Gasteiger partial charge in [0.2, 0.25) is 10.0 Å². The monoisotopic (exact) mass is 367 g/mol. The summed E-state index contributed by atoms with van der Waals surface area (Å²) in [4.78, 5) is 4.41. The predicted molar refractivity (Wildman–Crippen MR) is 96.0 cm³/mol. The van der Waals surface area contributed by atoms with Crippen molar-refractivity contribution in [1.82, 2.24) is 19.5 Å². The molecule has 8 heteroatoms. The van der Waals surface area contributed by atoms with Gasteiger partial charge in [-0.25, -0.2) is 22.8 Å². The molecule has 0 aliphatic rings. The third kappa shape index (κ3) is 3.79.